The van der Waals surface area contributed by atoms with E-state index >= 15 is 0 Å². The molecule has 25 heavy (non-hydrogen) atoms. The first-order valence-electron chi connectivity index (χ1n) is 8.02. The zero-order valence-corrected chi connectivity index (χ0v) is 13.3. The average molecular weight is 351 g/mol. The van der Waals surface area contributed by atoms with Crippen LogP contribution in [0.5, 0.6) is 0 Å². The second-order valence-corrected chi connectivity index (χ2v) is 6.16. The van der Waals surface area contributed by atoms with E-state index in [1.165, 1.54) is 4.90 Å². The van der Waals surface area contributed by atoms with Gasteiger partial charge in [-0.2, -0.15) is 0 Å². The van der Waals surface area contributed by atoms with Gasteiger partial charge in [-0.1, -0.05) is 37.8 Å². The van der Waals surface area contributed by atoms with Crippen molar-refractivity contribution in [2.75, 3.05) is 6.61 Å². The highest BCUT2D eigenvalue weighted by Crippen LogP contribution is 2.48. The first-order chi connectivity index (χ1) is 11.5. The topological polar surface area (TPSA) is 107 Å². The zero-order chi connectivity index (χ0) is 17.4. The molecule has 1 aromatic carbocycles. The van der Waals surface area contributed by atoms with E-state index in [-0.39, 0.29) is 32.4 Å². The van der Waals surface area contributed by atoms with Crippen LogP contribution in [0.4, 0.5) is 0 Å². The third-order valence-corrected chi connectivity index (χ3v) is 4.72. The van der Waals surface area contributed by atoms with Crippen molar-refractivity contribution in [3.05, 3.63) is 35.9 Å². The third-order valence-electron chi connectivity index (χ3n) is 4.72. The Hall–Kier alpha value is -1.80. The van der Waals surface area contributed by atoms with Gasteiger partial charge >= 0.3 is 0 Å². The molecule has 3 aliphatic heterocycles. The summed E-state index contributed by atoms with van der Waals surface area (Å²) in [5.41, 5.74) is 0.869. The van der Waals surface area contributed by atoms with Crippen LogP contribution in [0.2, 0.25) is 0 Å². The number of carbonyl (C=O) groups excluding carboxylic acids is 2. The molecule has 3 aliphatic rings. The summed E-state index contributed by atoms with van der Waals surface area (Å²) < 4.78 is 5.43. The normalized spacial score (nSPS) is 35.1. The number of carbonyl (C=O) groups is 2. The Kier molecular flexibility index (Phi) is 5.95. The van der Waals surface area contributed by atoms with Crippen molar-refractivity contribution in [1.82, 2.24) is 4.90 Å². The van der Waals surface area contributed by atoms with Crippen LogP contribution in [-0.4, -0.2) is 63.1 Å². The number of benzene rings is 1. The maximum Gasteiger partial charge on any atom is 0.236 e. The quantitative estimate of drug-likeness (QED) is 0.644. The molecule has 0 radical (unpaired) electrons. The molecule has 0 saturated carbocycles. The largest absolute Gasteiger partial charge is 0.397 e. The molecule has 0 aromatic heterocycles. The molecule has 7 nitrogen and oxygen atoms in total. The number of amides is 2. The summed E-state index contributed by atoms with van der Waals surface area (Å²) in [5, 5.41) is 27.3. The summed E-state index contributed by atoms with van der Waals surface area (Å²) in [5.74, 6) is -1.95. The van der Waals surface area contributed by atoms with Crippen molar-refractivity contribution >= 4 is 11.8 Å². The summed E-state index contributed by atoms with van der Waals surface area (Å²) in [7, 11) is 0. The smallest absolute Gasteiger partial charge is 0.236 e. The van der Waals surface area contributed by atoms with E-state index in [1.807, 2.05) is 30.3 Å². The van der Waals surface area contributed by atoms with Crippen LogP contribution in [0.1, 0.15) is 19.9 Å². The van der Waals surface area contributed by atoms with Crippen molar-refractivity contribution in [1.29, 1.82) is 0 Å². The SMILES string of the molecule is C.CCO.O=C1C2C3O[C@@H](C2C(=O)N1Cc1ccccc1)[C@@H](O)C3O. The van der Waals surface area contributed by atoms with Crippen LogP contribution >= 0.6 is 0 Å². The molecule has 0 spiro atoms. The van der Waals surface area contributed by atoms with Gasteiger partial charge in [0.25, 0.3) is 0 Å². The molecule has 1 aromatic rings. The Morgan fingerprint density at radius 1 is 1.00 bits per heavy atom. The Labute approximate surface area is 146 Å². The van der Waals surface area contributed by atoms with Gasteiger partial charge in [-0.3, -0.25) is 14.5 Å². The Morgan fingerprint density at radius 2 is 1.44 bits per heavy atom. The molecular formula is C18H25NO6. The molecule has 3 heterocycles. The minimum absolute atomic E-state index is 0. The van der Waals surface area contributed by atoms with E-state index in [9.17, 15) is 19.8 Å². The van der Waals surface area contributed by atoms with Gasteiger partial charge in [0.05, 0.1) is 30.6 Å². The average Bonchev–Trinajstić information content (AvgIpc) is 3.17. The third kappa shape index (κ3) is 3.08. The van der Waals surface area contributed by atoms with Crippen molar-refractivity contribution in [2.45, 2.75) is 45.3 Å². The first kappa shape index (κ1) is 19.5. The molecule has 0 aliphatic carbocycles. The molecular weight excluding hydrogens is 326 g/mol. The number of ether oxygens (including phenoxy) is 1. The van der Waals surface area contributed by atoms with Gasteiger partial charge in [0.1, 0.15) is 12.2 Å². The highest BCUT2D eigenvalue weighted by molar-refractivity contribution is 6.06. The van der Waals surface area contributed by atoms with E-state index in [2.05, 4.69) is 0 Å². The lowest BCUT2D eigenvalue weighted by Crippen LogP contribution is -2.47. The van der Waals surface area contributed by atoms with Gasteiger partial charge in [-0.25, -0.2) is 0 Å². The molecule has 7 heteroatoms. The number of fused-ring (bicyclic) bond motifs is 5. The lowest BCUT2D eigenvalue weighted by molar-refractivity contribution is -0.143. The fourth-order valence-corrected chi connectivity index (χ4v) is 3.71. The van der Waals surface area contributed by atoms with Gasteiger partial charge in [-0.15, -0.1) is 0 Å². The zero-order valence-electron chi connectivity index (χ0n) is 13.3. The monoisotopic (exact) mass is 351 g/mol. The predicted molar refractivity (Wildman–Crippen MR) is 89.1 cm³/mol. The summed E-state index contributed by atoms with van der Waals surface area (Å²) in [4.78, 5) is 26.2. The van der Waals surface area contributed by atoms with Crippen molar-refractivity contribution in [3.63, 3.8) is 0 Å². The Balaban J connectivity index is 0.000000528. The van der Waals surface area contributed by atoms with Crippen LogP contribution in [0.3, 0.4) is 0 Å². The van der Waals surface area contributed by atoms with Gasteiger partial charge in [-0.05, 0) is 12.5 Å². The summed E-state index contributed by atoms with van der Waals surface area (Å²) in [6.07, 6.45) is -3.73. The van der Waals surface area contributed by atoms with E-state index in [0.29, 0.717) is 0 Å². The van der Waals surface area contributed by atoms with Crippen LogP contribution in [-0.2, 0) is 20.9 Å². The molecule has 138 valence electrons. The number of aliphatic hydroxyl groups is 3. The molecule has 2 bridgehead atoms. The van der Waals surface area contributed by atoms with Crippen LogP contribution in [0.15, 0.2) is 30.3 Å². The molecule has 4 unspecified atom stereocenters. The summed E-state index contributed by atoms with van der Waals surface area (Å²) in [6.45, 7) is 2.15. The van der Waals surface area contributed by atoms with Gasteiger partial charge in [0.2, 0.25) is 11.8 Å². The molecule has 3 fully saturated rings. The number of hydrogen-bond donors (Lipinski definition) is 3. The Morgan fingerprint density at radius 3 is 1.88 bits per heavy atom. The number of imide groups is 1. The second kappa shape index (κ2) is 7.61. The summed E-state index contributed by atoms with van der Waals surface area (Å²) >= 11 is 0. The molecule has 2 amide bonds. The van der Waals surface area contributed by atoms with Crippen LogP contribution < -0.4 is 0 Å². The molecule has 3 N–H and O–H groups in total. The van der Waals surface area contributed by atoms with E-state index in [0.717, 1.165) is 5.56 Å². The minimum Gasteiger partial charge on any atom is -0.397 e. The van der Waals surface area contributed by atoms with E-state index in [1.54, 1.807) is 6.92 Å². The van der Waals surface area contributed by atoms with Gasteiger partial charge in [0.15, 0.2) is 0 Å². The van der Waals surface area contributed by atoms with E-state index in [4.69, 9.17) is 9.84 Å². The minimum atomic E-state index is -1.09. The van der Waals surface area contributed by atoms with Crippen molar-refractivity contribution < 1.29 is 29.6 Å². The lowest BCUT2D eigenvalue weighted by atomic mass is 9.78. The molecule has 6 atom stereocenters. The van der Waals surface area contributed by atoms with Crippen LogP contribution in [0.25, 0.3) is 0 Å². The standard InChI is InChI=1S/C15H15NO5.C2H6O.CH4/c17-10-11(18)13-9-8(12(10)21-13)14(19)16(15(9)20)6-7-4-2-1-3-5-7;1-2-3;/h1-5,8-13,17-18H,6H2;3H,2H2,1H3;1H4/t8?,9?,10-,11?,12-,13?;;/m0../s1. The highest BCUT2D eigenvalue weighted by atomic mass is 16.6. The summed E-state index contributed by atoms with van der Waals surface area (Å²) in [6, 6.07) is 9.27. The molecule has 4 rings (SSSR count). The maximum absolute atomic E-state index is 12.5. The van der Waals surface area contributed by atoms with Gasteiger partial charge in [0, 0.05) is 6.61 Å². The van der Waals surface area contributed by atoms with Crippen molar-refractivity contribution in [2.24, 2.45) is 11.8 Å². The predicted octanol–water partition coefficient (Wildman–Crippen LogP) is -0.0747. The fraction of sp³-hybridized carbons (Fsp3) is 0.556. The lowest BCUT2D eigenvalue weighted by Gasteiger charge is -2.25. The fourth-order valence-electron chi connectivity index (χ4n) is 3.71. The molecule has 3 saturated heterocycles. The van der Waals surface area contributed by atoms with Gasteiger partial charge < -0.3 is 20.1 Å². The Bertz CT molecular complexity index is 589. The maximum atomic E-state index is 12.5. The first-order valence-corrected chi connectivity index (χ1v) is 8.02. The highest BCUT2D eigenvalue weighted by Gasteiger charge is 2.68. The second-order valence-electron chi connectivity index (χ2n) is 6.16. The number of nitrogens with zero attached hydrogens (tertiary/aromatic N) is 1. The number of likely N-dealkylation sites (tertiary alicyclic amines) is 1. The number of hydrogen-bond acceptors (Lipinski definition) is 6. The number of aliphatic hydroxyl groups excluding tert-OH is 3. The van der Waals surface area contributed by atoms with Crippen LogP contribution in [0, 0.1) is 11.8 Å². The van der Waals surface area contributed by atoms with Crippen molar-refractivity contribution in [3.8, 4) is 0 Å². The number of rotatable bonds is 2. The van der Waals surface area contributed by atoms with E-state index < -0.39 is 36.3 Å².